The lowest BCUT2D eigenvalue weighted by molar-refractivity contribution is -0.140. The molecule has 1 saturated carbocycles. The van der Waals surface area contributed by atoms with E-state index in [1.807, 2.05) is 12.1 Å². The van der Waals surface area contributed by atoms with Crippen LogP contribution >= 0.6 is 0 Å². The lowest BCUT2D eigenvalue weighted by Crippen LogP contribution is -2.26. The van der Waals surface area contributed by atoms with Crippen LogP contribution in [0.25, 0.3) is 0 Å². The number of hydrogen-bond acceptors (Lipinski definition) is 4. The lowest BCUT2D eigenvalue weighted by atomic mass is 9.79. The highest BCUT2D eigenvalue weighted by Gasteiger charge is 2.28. The van der Waals surface area contributed by atoms with Crippen molar-refractivity contribution in [1.82, 2.24) is 0 Å². The third-order valence-electron chi connectivity index (χ3n) is 8.42. The largest absolute Gasteiger partial charge is 0.426 e. The average Bonchev–Trinajstić information content (AvgIpc) is 3.03. The number of rotatable bonds is 10. The van der Waals surface area contributed by atoms with Gasteiger partial charge in [0.25, 0.3) is 0 Å². The molecule has 0 amide bonds. The molecule has 1 fully saturated rings. The van der Waals surface area contributed by atoms with E-state index in [0.29, 0.717) is 23.0 Å². The Morgan fingerprint density at radius 2 is 1.02 bits per heavy atom. The topological polar surface area (TPSA) is 52.6 Å². The first kappa shape index (κ1) is 29.3. The maximum absolute atomic E-state index is 12.8. The SMILES string of the molecule is CCc1ccc(Cc2ccc(CC3CCC(C(=O)Oc4ccc(OC(=O)c5ccc(CC)cc5)cc4)CC3)cc2)cc1. The normalized spacial score (nSPS) is 16.5. The van der Waals surface area contributed by atoms with Crippen molar-refractivity contribution < 1.29 is 19.1 Å². The molecular formula is C38H40O4. The summed E-state index contributed by atoms with van der Waals surface area (Å²) < 4.78 is 11.1. The van der Waals surface area contributed by atoms with E-state index in [1.54, 1.807) is 36.4 Å². The molecule has 0 bridgehead atoms. The van der Waals surface area contributed by atoms with Crippen LogP contribution in [0.4, 0.5) is 0 Å². The zero-order valence-electron chi connectivity index (χ0n) is 24.7. The van der Waals surface area contributed by atoms with Crippen molar-refractivity contribution in [2.75, 3.05) is 0 Å². The molecule has 0 aliphatic heterocycles. The second-order valence-electron chi connectivity index (χ2n) is 11.4. The number of carbonyl (C=O) groups excluding carboxylic acids is 2. The molecule has 5 rings (SSSR count). The van der Waals surface area contributed by atoms with Crippen molar-refractivity contribution in [3.63, 3.8) is 0 Å². The minimum atomic E-state index is -0.409. The molecule has 0 unspecified atom stereocenters. The zero-order valence-corrected chi connectivity index (χ0v) is 24.7. The highest BCUT2D eigenvalue weighted by molar-refractivity contribution is 5.91. The minimum Gasteiger partial charge on any atom is -0.426 e. The van der Waals surface area contributed by atoms with Crippen molar-refractivity contribution in [3.8, 4) is 11.5 Å². The van der Waals surface area contributed by atoms with E-state index in [4.69, 9.17) is 9.47 Å². The zero-order chi connectivity index (χ0) is 29.3. The molecule has 4 aromatic carbocycles. The fourth-order valence-electron chi connectivity index (χ4n) is 5.68. The second kappa shape index (κ2) is 14.1. The van der Waals surface area contributed by atoms with Crippen LogP contribution < -0.4 is 9.47 Å². The smallest absolute Gasteiger partial charge is 0.343 e. The number of benzene rings is 4. The predicted octanol–water partition coefficient (Wildman–Crippen LogP) is 8.58. The fourth-order valence-corrected chi connectivity index (χ4v) is 5.68. The summed E-state index contributed by atoms with van der Waals surface area (Å²) in [5, 5.41) is 0. The molecule has 4 heteroatoms. The number of hydrogen-bond donors (Lipinski definition) is 0. The minimum absolute atomic E-state index is 0.0775. The van der Waals surface area contributed by atoms with E-state index in [-0.39, 0.29) is 11.9 Å². The summed E-state index contributed by atoms with van der Waals surface area (Å²) in [6.45, 7) is 4.25. The molecule has 0 atom stereocenters. The Morgan fingerprint density at radius 3 is 1.55 bits per heavy atom. The van der Waals surface area contributed by atoms with Gasteiger partial charge < -0.3 is 9.47 Å². The monoisotopic (exact) mass is 560 g/mol. The Hall–Kier alpha value is -4.18. The summed E-state index contributed by atoms with van der Waals surface area (Å²) in [6.07, 6.45) is 7.75. The van der Waals surface area contributed by atoms with Gasteiger partial charge in [-0.2, -0.15) is 0 Å². The van der Waals surface area contributed by atoms with Gasteiger partial charge in [0.15, 0.2) is 0 Å². The van der Waals surface area contributed by atoms with Crippen molar-refractivity contribution in [1.29, 1.82) is 0 Å². The number of ether oxygens (including phenoxy) is 2. The van der Waals surface area contributed by atoms with Crippen molar-refractivity contribution >= 4 is 11.9 Å². The fraction of sp³-hybridized carbons (Fsp3) is 0.316. The van der Waals surface area contributed by atoms with Gasteiger partial charge in [0.05, 0.1) is 11.5 Å². The molecule has 216 valence electrons. The van der Waals surface area contributed by atoms with Crippen LogP contribution in [0, 0.1) is 11.8 Å². The molecular weight excluding hydrogens is 520 g/mol. The van der Waals surface area contributed by atoms with Crippen molar-refractivity contribution in [2.24, 2.45) is 11.8 Å². The van der Waals surface area contributed by atoms with Crippen LogP contribution in [0.1, 0.15) is 77.7 Å². The summed E-state index contributed by atoms with van der Waals surface area (Å²) >= 11 is 0. The third kappa shape index (κ3) is 7.97. The first-order valence-corrected chi connectivity index (χ1v) is 15.3. The van der Waals surface area contributed by atoms with Crippen LogP contribution in [0.5, 0.6) is 11.5 Å². The number of esters is 2. The van der Waals surface area contributed by atoms with Crippen LogP contribution in [0.2, 0.25) is 0 Å². The number of aryl methyl sites for hydroxylation is 2. The van der Waals surface area contributed by atoms with Gasteiger partial charge in [-0.1, -0.05) is 74.5 Å². The first-order valence-electron chi connectivity index (χ1n) is 15.3. The quantitative estimate of drug-likeness (QED) is 0.144. The summed E-state index contributed by atoms with van der Waals surface area (Å²) in [6, 6.07) is 32.0. The summed E-state index contributed by atoms with van der Waals surface area (Å²) in [7, 11) is 0. The Bertz CT molecular complexity index is 1440. The van der Waals surface area contributed by atoms with Crippen LogP contribution in [0.15, 0.2) is 97.1 Å². The van der Waals surface area contributed by atoms with E-state index in [2.05, 4.69) is 62.4 Å². The molecule has 0 radical (unpaired) electrons. The first-order chi connectivity index (χ1) is 20.5. The molecule has 42 heavy (non-hydrogen) atoms. The molecule has 0 saturated heterocycles. The summed E-state index contributed by atoms with van der Waals surface area (Å²) in [5.74, 6) is 0.812. The van der Waals surface area contributed by atoms with Gasteiger partial charge in [0, 0.05) is 0 Å². The molecule has 0 spiro atoms. The van der Waals surface area contributed by atoms with Crippen molar-refractivity contribution in [3.05, 3.63) is 130 Å². The van der Waals surface area contributed by atoms with E-state index < -0.39 is 5.97 Å². The van der Waals surface area contributed by atoms with E-state index in [9.17, 15) is 9.59 Å². The standard InChI is InChI=1S/C38H40O4/c1-3-27-5-7-29(8-6-27)25-30-9-11-31(12-10-30)26-32-15-19-34(20-16-32)38(40)42-36-23-21-35(22-24-36)41-37(39)33-17-13-28(4-2)14-18-33/h5-14,17-18,21-24,32,34H,3-4,15-16,19-20,25-26H2,1-2H3. The van der Waals surface area contributed by atoms with E-state index in [0.717, 1.165) is 51.4 Å². The molecule has 4 aromatic rings. The lowest BCUT2D eigenvalue weighted by Gasteiger charge is -2.27. The molecule has 0 aromatic heterocycles. The number of carbonyl (C=O) groups is 2. The Kier molecular flexibility index (Phi) is 9.86. The Balaban J connectivity index is 1.05. The van der Waals surface area contributed by atoms with Crippen molar-refractivity contribution in [2.45, 2.75) is 65.2 Å². The Labute approximate surface area is 249 Å². The van der Waals surface area contributed by atoms with Crippen LogP contribution in [0.3, 0.4) is 0 Å². The second-order valence-corrected chi connectivity index (χ2v) is 11.4. The van der Waals surface area contributed by atoms with Gasteiger partial charge in [-0.25, -0.2) is 4.79 Å². The molecule has 0 N–H and O–H groups in total. The van der Waals surface area contributed by atoms with E-state index >= 15 is 0 Å². The van der Waals surface area contributed by atoms with E-state index in [1.165, 1.54) is 27.8 Å². The maximum atomic E-state index is 12.8. The average molecular weight is 561 g/mol. The van der Waals surface area contributed by atoms with Crippen LogP contribution in [-0.2, 0) is 30.5 Å². The summed E-state index contributed by atoms with van der Waals surface area (Å²) in [5.41, 5.74) is 7.09. The molecule has 1 aliphatic carbocycles. The third-order valence-corrected chi connectivity index (χ3v) is 8.42. The highest BCUT2D eigenvalue weighted by atomic mass is 16.5. The van der Waals surface area contributed by atoms with Gasteiger partial charge in [0.2, 0.25) is 0 Å². The van der Waals surface area contributed by atoms with Gasteiger partial charge >= 0.3 is 11.9 Å². The van der Waals surface area contributed by atoms with Gasteiger partial charge in [-0.3, -0.25) is 4.79 Å². The molecule has 4 nitrogen and oxygen atoms in total. The van der Waals surface area contributed by atoms with Gasteiger partial charge in [-0.05, 0) is 121 Å². The summed E-state index contributed by atoms with van der Waals surface area (Å²) in [4.78, 5) is 25.3. The highest BCUT2D eigenvalue weighted by Crippen LogP contribution is 2.32. The predicted molar refractivity (Wildman–Crippen MR) is 167 cm³/mol. The molecule has 0 heterocycles. The van der Waals surface area contributed by atoms with Gasteiger partial charge in [0.1, 0.15) is 11.5 Å². The van der Waals surface area contributed by atoms with Gasteiger partial charge in [-0.15, -0.1) is 0 Å². The van der Waals surface area contributed by atoms with Crippen LogP contribution in [-0.4, -0.2) is 11.9 Å². The maximum Gasteiger partial charge on any atom is 0.343 e. The Morgan fingerprint density at radius 1 is 0.571 bits per heavy atom. The molecule has 1 aliphatic rings.